The lowest BCUT2D eigenvalue weighted by atomic mass is 10.1. The minimum absolute atomic E-state index is 0.178. The molecule has 2 aromatic carbocycles. The van der Waals surface area contributed by atoms with Crippen LogP contribution in [0.15, 0.2) is 42.5 Å². The van der Waals surface area contributed by atoms with Gasteiger partial charge in [-0.05, 0) is 37.1 Å². The van der Waals surface area contributed by atoms with Crippen LogP contribution in [0.5, 0.6) is 5.75 Å². The summed E-state index contributed by atoms with van der Waals surface area (Å²) in [6.45, 7) is 4.17. The molecule has 21 heavy (non-hydrogen) atoms. The molecule has 112 valence electrons. The first-order valence-electron chi connectivity index (χ1n) is 6.50. The summed E-state index contributed by atoms with van der Waals surface area (Å²) in [5.74, 6) is -0.178. The van der Waals surface area contributed by atoms with Crippen molar-refractivity contribution in [2.45, 2.75) is 26.8 Å². The number of halogens is 3. The van der Waals surface area contributed by atoms with E-state index in [2.05, 4.69) is 10.1 Å². The Balaban J connectivity index is 2.15. The van der Waals surface area contributed by atoms with E-state index in [9.17, 15) is 13.2 Å². The zero-order chi connectivity index (χ0) is 15.5. The van der Waals surface area contributed by atoms with Gasteiger partial charge in [0.1, 0.15) is 5.75 Å². The van der Waals surface area contributed by atoms with Gasteiger partial charge in [0.2, 0.25) is 0 Å². The summed E-state index contributed by atoms with van der Waals surface area (Å²) in [6, 6.07) is 12.0. The van der Waals surface area contributed by atoms with E-state index in [1.54, 1.807) is 12.1 Å². The van der Waals surface area contributed by atoms with Crippen molar-refractivity contribution in [3.05, 3.63) is 59.2 Å². The Morgan fingerprint density at radius 3 is 2.48 bits per heavy atom. The van der Waals surface area contributed by atoms with Crippen LogP contribution in [-0.4, -0.2) is 6.36 Å². The van der Waals surface area contributed by atoms with Crippen molar-refractivity contribution in [3.63, 3.8) is 0 Å². The molecule has 1 N–H and O–H groups in total. The largest absolute Gasteiger partial charge is 0.573 e. The van der Waals surface area contributed by atoms with Crippen LogP contribution in [-0.2, 0) is 6.54 Å². The predicted octanol–water partition coefficient (Wildman–Crippen LogP) is 4.81. The maximum absolute atomic E-state index is 12.4. The number of hydrogen-bond acceptors (Lipinski definition) is 2. The summed E-state index contributed by atoms with van der Waals surface area (Å²) in [4.78, 5) is 0. The number of nitrogens with one attached hydrogen (secondary N) is 1. The fraction of sp³-hybridized carbons (Fsp3) is 0.250. The zero-order valence-corrected chi connectivity index (χ0v) is 11.8. The topological polar surface area (TPSA) is 21.3 Å². The lowest BCUT2D eigenvalue weighted by molar-refractivity contribution is -0.274. The molecule has 5 heteroatoms. The molecule has 2 rings (SSSR count). The van der Waals surface area contributed by atoms with E-state index in [0.717, 1.165) is 16.8 Å². The highest BCUT2D eigenvalue weighted by molar-refractivity contribution is 5.53. The van der Waals surface area contributed by atoms with Crippen LogP contribution in [0.4, 0.5) is 18.9 Å². The van der Waals surface area contributed by atoms with Crippen molar-refractivity contribution in [2.24, 2.45) is 0 Å². The highest BCUT2D eigenvalue weighted by Crippen LogP contribution is 2.27. The molecule has 0 spiro atoms. The summed E-state index contributed by atoms with van der Waals surface area (Å²) in [5.41, 5.74) is 3.48. The van der Waals surface area contributed by atoms with Crippen molar-refractivity contribution in [1.29, 1.82) is 0 Å². The first kappa shape index (κ1) is 15.2. The Bertz CT molecular complexity index is 623. The quantitative estimate of drug-likeness (QED) is 0.873. The molecule has 0 amide bonds. The molecule has 0 aliphatic carbocycles. The second-order valence-electron chi connectivity index (χ2n) is 4.83. The van der Waals surface area contributed by atoms with Crippen molar-refractivity contribution < 1.29 is 17.9 Å². The molecule has 0 unspecified atom stereocenters. The number of aryl methyl sites for hydroxylation is 2. The SMILES string of the molecule is Cc1ccc(C)c(NCc2ccccc2OC(F)(F)F)c1. The zero-order valence-electron chi connectivity index (χ0n) is 11.8. The van der Waals surface area contributed by atoms with Gasteiger partial charge in [-0.15, -0.1) is 13.2 Å². The Morgan fingerprint density at radius 2 is 1.76 bits per heavy atom. The third kappa shape index (κ3) is 4.41. The van der Waals surface area contributed by atoms with Crippen LogP contribution >= 0.6 is 0 Å². The fourth-order valence-corrected chi connectivity index (χ4v) is 1.99. The number of hydrogen-bond donors (Lipinski definition) is 1. The van der Waals surface area contributed by atoms with Crippen LogP contribution < -0.4 is 10.1 Å². The van der Waals surface area contributed by atoms with Crippen LogP contribution in [0, 0.1) is 13.8 Å². The van der Waals surface area contributed by atoms with Gasteiger partial charge in [-0.25, -0.2) is 0 Å². The van der Waals surface area contributed by atoms with Crippen LogP contribution in [0.2, 0.25) is 0 Å². The van der Waals surface area contributed by atoms with Crippen molar-refractivity contribution in [2.75, 3.05) is 5.32 Å². The van der Waals surface area contributed by atoms with Crippen molar-refractivity contribution in [3.8, 4) is 5.75 Å². The summed E-state index contributed by atoms with van der Waals surface area (Å²) in [7, 11) is 0. The summed E-state index contributed by atoms with van der Waals surface area (Å²) in [5, 5.41) is 3.15. The average molecular weight is 295 g/mol. The normalized spacial score (nSPS) is 11.3. The van der Waals surface area contributed by atoms with Crippen LogP contribution in [0.1, 0.15) is 16.7 Å². The van der Waals surface area contributed by atoms with E-state index in [-0.39, 0.29) is 12.3 Å². The van der Waals surface area contributed by atoms with E-state index < -0.39 is 6.36 Å². The second kappa shape index (κ2) is 6.08. The second-order valence-corrected chi connectivity index (χ2v) is 4.83. The fourth-order valence-electron chi connectivity index (χ4n) is 1.99. The molecule has 0 radical (unpaired) electrons. The van der Waals surface area contributed by atoms with Gasteiger partial charge >= 0.3 is 6.36 Å². The number of benzene rings is 2. The molecule has 0 heterocycles. The number of anilines is 1. The standard InChI is InChI=1S/C16H16F3NO/c1-11-7-8-12(2)14(9-11)20-10-13-5-3-4-6-15(13)21-16(17,18)19/h3-9,20H,10H2,1-2H3. The van der Waals surface area contributed by atoms with Gasteiger partial charge in [0.25, 0.3) is 0 Å². The maximum atomic E-state index is 12.4. The first-order chi connectivity index (χ1) is 9.85. The molecule has 0 aliphatic rings. The summed E-state index contributed by atoms with van der Waals surface area (Å²) in [6.07, 6.45) is -4.69. The molecule has 0 saturated carbocycles. The van der Waals surface area contributed by atoms with Gasteiger partial charge in [0.15, 0.2) is 0 Å². The Morgan fingerprint density at radius 1 is 1.05 bits per heavy atom. The number of para-hydroxylation sites is 1. The van der Waals surface area contributed by atoms with Gasteiger partial charge in [-0.3, -0.25) is 0 Å². The van der Waals surface area contributed by atoms with Gasteiger partial charge in [0.05, 0.1) is 0 Å². The van der Waals surface area contributed by atoms with Gasteiger partial charge in [-0.2, -0.15) is 0 Å². The number of alkyl halides is 3. The monoisotopic (exact) mass is 295 g/mol. The Labute approximate surface area is 121 Å². The van der Waals surface area contributed by atoms with Gasteiger partial charge in [-0.1, -0.05) is 30.3 Å². The smallest absolute Gasteiger partial charge is 0.405 e. The minimum atomic E-state index is -4.69. The summed E-state index contributed by atoms with van der Waals surface area (Å²) < 4.78 is 41.1. The highest BCUT2D eigenvalue weighted by Gasteiger charge is 2.31. The molecule has 0 bridgehead atoms. The number of rotatable bonds is 4. The lowest BCUT2D eigenvalue weighted by Gasteiger charge is -2.15. The van der Waals surface area contributed by atoms with E-state index in [1.807, 2.05) is 32.0 Å². The Hall–Kier alpha value is -2.17. The lowest BCUT2D eigenvalue weighted by Crippen LogP contribution is -2.18. The van der Waals surface area contributed by atoms with E-state index >= 15 is 0 Å². The molecule has 2 nitrogen and oxygen atoms in total. The maximum Gasteiger partial charge on any atom is 0.573 e. The molecule has 0 aliphatic heterocycles. The van der Waals surface area contributed by atoms with E-state index in [1.165, 1.54) is 12.1 Å². The van der Waals surface area contributed by atoms with E-state index in [4.69, 9.17) is 0 Å². The molecule has 2 aromatic rings. The van der Waals surface area contributed by atoms with Gasteiger partial charge in [0, 0.05) is 17.8 Å². The number of ether oxygens (including phenoxy) is 1. The average Bonchev–Trinajstić information content (AvgIpc) is 2.39. The van der Waals surface area contributed by atoms with Gasteiger partial charge < -0.3 is 10.1 Å². The molecule has 0 fully saturated rings. The molecular formula is C16H16F3NO. The van der Waals surface area contributed by atoms with Crippen LogP contribution in [0.3, 0.4) is 0 Å². The summed E-state index contributed by atoms with van der Waals surface area (Å²) >= 11 is 0. The van der Waals surface area contributed by atoms with Crippen LogP contribution in [0.25, 0.3) is 0 Å². The van der Waals surface area contributed by atoms with Crippen molar-refractivity contribution in [1.82, 2.24) is 0 Å². The first-order valence-corrected chi connectivity index (χ1v) is 6.50. The molecule has 0 saturated heterocycles. The third-order valence-electron chi connectivity index (χ3n) is 3.06. The Kier molecular flexibility index (Phi) is 4.40. The molecule has 0 atom stereocenters. The third-order valence-corrected chi connectivity index (χ3v) is 3.06. The minimum Gasteiger partial charge on any atom is -0.405 e. The highest BCUT2D eigenvalue weighted by atomic mass is 19.4. The molecular weight excluding hydrogens is 279 g/mol. The van der Waals surface area contributed by atoms with E-state index in [0.29, 0.717) is 5.56 Å². The van der Waals surface area contributed by atoms with Crippen molar-refractivity contribution >= 4 is 5.69 Å². The predicted molar refractivity (Wildman–Crippen MR) is 76.4 cm³/mol. The molecule has 0 aromatic heterocycles.